The Morgan fingerprint density at radius 3 is 2.62 bits per heavy atom. The van der Waals surface area contributed by atoms with Crippen LogP contribution in [0.5, 0.6) is 0 Å². The van der Waals surface area contributed by atoms with Gasteiger partial charge in [-0.25, -0.2) is 4.39 Å². The maximum atomic E-state index is 13.4. The third-order valence-electron chi connectivity index (χ3n) is 4.09. The van der Waals surface area contributed by atoms with Crippen LogP contribution >= 0.6 is 0 Å². The molecule has 1 saturated heterocycles. The number of nitrogens with zero attached hydrogens (tertiary/aromatic N) is 2. The second kappa shape index (κ2) is 8.75. The molecular formula is C17H24FN3O3. The topological polar surface area (TPSA) is 61.9 Å². The summed E-state index contributed by atoms with van der Waals surface area (Å²) >= 11 is 0. The van der Waals surface area contributed by atoms with E-state index in [2.05, 4.69) is 5.32 Å². The molecule has 0 radical (unpaired) electrons. The fraction of sp³-hybridized carbons (Fsp3) is 0.529. The summed E-state index contributed by atoms with van der Waals surface area (Å²) in [4.78, 5) is 28.0. The highest BCUT2D eigenvalue weighted by molar-refractivity contribution is 5.95. The molecule has 6 nitrogen and oxygen atoms in total. The van der Waals surface area contributed by atoms with Gasteiger partial charge in [-0.2, -0.15) is 0 Å². The van der Waals surface area contributed by atoms with Crippen LogP contribution in [0, 0.1) is 12.7 Å². The molecule has 0 aromatic heterocycles. The van der Waals surface area contributed by atoms with Gasteiger partial charge in [-0.1, -0.05) is 6.07 Å². The summed E-state index contributed by atoms with van der Waals surface area (Å²) in [6, 6.07) is 4.25. The minimum absolute atomic E-state index is 0.0483. The molecule has 0 unspecified atom stereocenters. The summed E-state index contributed by atoms with van der Waals surface area (Å²) in [5.74, 6) is -0.612. The molecule has 0 bridgehead atoms. The molecule has 0 atom stereocenters. The quantitative estimate of drug-likeness (QED) is 0.775. The first kappa shape index (κ1) is 18.4. The number of hydrogen-bond acceptors (Lipinski definition) is 4. The number of rotatable bonds is 6. The van der Waals surface area contributed by atoms with Crippen molar-refractivity contribution in [3.8, 4) is 0 Å². The van der Waals surface area contributed by atoms with E-state index in [4.69, 9.17) is 4.74 Å². The molecule has 1 fully saturated rings. The summed E-state index contributed by atoms with van der Waals surface area (Å²) in [5.41, 5.74) is 1.17. The Morgan fingerprint density at radius 1 is 1.25 bits per heavy atom. The van der Waals surface area contributed by atoms with Crippen LogP contribution in [0.15, 0.2) is 18.2 Å². The number of methoxy groups -OCH3 is 1. The van der Waals surface area contributed by atoms with Gasteiger partial charge in [0.15, 0.2) is 0 Å². The Labute approximate surface area is 141 Å². The molecule has 24 heavy (non-hydrogen) atoms. The SMILES string of the molecule is COCCNC(=O)CN1CCN(C(=O)c2cc(F)ccc2C)CC1. The standard InChI is InChI=1S/C17H24FN3O3/c1-13-3-4-14(18)11-15(13)17(23)21-8-6-20(7-9-21)12-16(22)19-5-10-24-2/h3-4,11H,5-10,12H2,1-2H3,(H,19,22). The zero-order valence-electron chi connectivity index (χ0n) is 14.2. The largest absolute Gasteiger partial charge is 0.383 e. The zero-order chi connectivity index (χ0) is 17.5. The molecular weight excluding hydrogens is 313 g/mol. The molecule has 0 spiro atoms. The van der Waals surface area contributed by atoms with Gasteiger partial charge in [-0.05, 0) is 24.6 Å². The number of aryl methyl sites for hydroxylation is 1. The van der Waals surface area contributed by atoms with Crippen LogP contribution in [0.25, 0.3) is 0 Å². The Morgan fingerprint density at radius 2 is 1.96 bits per heavy atom. The number of carbonyl (C=O) groups excluding carboxylic acids is 2. The van der Waals surface area contributed by atoms with E-state index in [1.165, 1.54) is 12.1 Å². The van der Waals surface area contributed by atoms with Crippen molar-refractivity contribution in [2.45, 2.75) is 6.92 Å². The fourth-order valence-corrected chi connectivity index (χ4v) is 2.66. The van der Waals surface area contributed by atoms with Crippen molar-refractivity contribution < 1.29 is 18.7 Å². The van der Waals surface area contributed by atoms with E-state index in [0.717, 1.165) is 5.56 Å². The Balaban J connectivity index is 1.83. The molecule has 2 rings (SSSR count). The van der Waals surface area contributed by atoms with Crippen molar-refractivity contribution in [3.05, 3.63) is 35.1 Å². The van der Waals surface area contributed by atoms with Crippen molar-refractivity contribution in [2.75, 3.05) is 53.0 Å². The van der Waals surface area contributed by atoms with Crippen molar-refractivity contribution >= 4 is 11.8 Å². The molecule has 7 heteroatoms. The highest BCUT2D eigenvalue weighted by Crippen LogP contribution is 2.14. The number of carbonyl (C=O) groups is 2. The minimum Gasteiger partial charge on any atom is -0.383 e. The second-order valence-corrected chi connectivity index (χ2v) is 5.87. The maximum absolute atomic E-state index is 13.4. The lowest BCUT2D eigenvalue weighted by molar-refractivity contribution is -0.122. The number of benzene rings is 1. The molecule has 0 saturated carbocycles. The van der Waals surface area contributed by atoms with Crippen LogP contribution < -0.4 is 5.32 Å². The van der Waals surface area contributed by atoms with Crippen LogP contribution in [0.2, 0.25) is 0 Å². The van der Waals surface area contributed by atoms with Crippen molar-refractivity contribution in [2.24, 2.45) is 0 Å². The number of nitrogens with one attached hydrogen (secondary N) is 1. The first-order chi connectivity index (χ1) is 11.5. The molecule has 1 aliphatic heterocycles. The predicted octanol–water partition coefficient (Wildman–Crippen LogP) is 0.655. The molecule has 1 N–H and O–H groups in total. The first-order valence-corrected chi connectivity index (χ1v) is 8.04. The van der Waals surface area contributed by atoms with Crippen molar-refractivity contribution in [1.29, 1.82) is 0 Å². The summed E-state index contributed by atoms with van der Waals surface area (Å²) < 4.78 is 18.3. The van der Waals surface area contributed by atoms with Crippen LogP contribution in [0.4, 0.5) is 4.39 Å². The van der Waals surface area contributed by atoms with Gasteiger partial charge >= 0.3 is 0 Å². The van der Waals surface area contributed by atoms with E-state index in [9.17, 15) is 14.0 Å². The summed E-state index contributed by atoms with van der Waals surface area (Å²) in [6.45, 7) is 5.39. The monoisotopic (exact) mass is 337 g/mol. The lowest BCUT2D eigenvalue weighted by Gasteiger charge is -2.34. The Kier molecular flexibility index (Phi) is 6.69. The number of amides is 2. The van der Waals surface area contributed by atoms with Gasteiger partial charge in [0.2, 0.25) is 5.91 Å². The van der Waals surface area contributed by atoms with E-state index >= 15 is 0 Å². The van der Waals surface area contributed by atoms with Gasteiger partial charge in [0, 0.05) is 45.4 Å². The molecule has 1 aromatic rings. The van der Waals surface area contributed by atoms with E-state index < -0.39 is 5.82 Å². The van der Waals surface area contributed by atoms with Gasteiger partial charge in [-0.3, -0.25) is 14.5 Å². The molecule has 1 aromatic carbocycles. The van der Waals surface area contributed by atoms with Gasteiger partial charge in [0.05, 0.1) is 13.2 Å². The first-order valence-electron chi connectivity index (χ1n) is 8.04. The predicted molar refractivity (Wildman–Crippen MR) is 88.4 cm³/mol. The molecule has 1 heterocycles. The van der Waals surface area contributed by atoms with Crippen molar-refractivity contribution in [1.82, 2.24) is 15.1 Å². The summed E-state index contributed by atoms with van der Waals surface area (Å²) in [6.07, 6.45) is 0. The third kappa shape index (κ3) is 5.01. The number of ether oxygens (including phenoxy) is 1. The molecule has 0 aliphatic carbocycles. The fourth-order valence-electron chi connectivity index (χ4n) is 2.66. The van der Waals surface area contributed by atoms with E-state index in [1.807, 2.05) is 4.90 Å². The number of hydrogen-bond donors (Lipinski definition) is 1. The van der Waals surface area contributed by atoms with Crippen LogP contribution in [0.1, 0.15) is 15.9 Å². The van der Waals surface area contributed by atoms with Gasteiger partial charge in [0.25, 0.3) is 5.91 Å². The van der Waals surface area contributed by atoms with E-state index in [0.29, 0.717) is 51.4 Å². The van der Waals surface area contributed by atoms with Gasteiger partial charge in [0.1, 0.15) is 5.82 Å². The summed E-state index contributed by atoms with van der Waals surface area (Å²) in [5, 5.41) is 2.78. The van der Waals surface area contributed by atoms with Gasteiger partial charge in [-0.15, -0.1) is 0 Å². The molecule has 132 valence electrons. The average molecular weight is 337 g/mol. The lowest BCUT2D eigenvalue weighted by Crippen LogP contribution is -2.51. The zero-order valence-corrected chi connectivity index (χ0v) is 14.2. The number of piperazine rings is 1. The Bertz CT molecular complexity index is 586. The van der Waals surface area contributed by atoms with Crippen LogP contribution in [0.3, 0.4) is 0 Å². The van der Waals surface area contributed by atoms with Crippen molar-refractivity contribution in [3.63, 3.8) is 0 Å². The van der Waals surface area contributed by atoms with E-state index in [-0.39, 0.29) is 11.8 Å². The maximum Gasteiger partial charge on any atom is 0.254 e. The highest BCUT2D eigenvalue weighted by atomic mass is 19.1. The molecule has 2 amide bonds. The average Bonchev–Trinajstić information content (AvgIpc) is 2.57. The Hall–Kier alpha value is -1.99. The number of halogens is 1. The molecule has 1 aliphatic rings. The smallest absolute Gasteiger partial charge is 0.254 e. The third-order valence-corrected chi connectivity index (χ3v) is 4.09. The minimum atomic E-state index is -0.407. The van der Waals surface area contributed by atoms with Gasteiger partial charge < -0.3 is 15.0 Å². The lowest BCUT2D eigenvalue weighted by atomic mass is 10.1. The normalized spacial score (nSPS) is 15.4. The summed E-state index contributed by atoms with van der Waals surface area (Å²) in [7, 11) is 1.59. The van der Waals surface area contributed by atoms with E-state index in [1.54, 1.807) is 25.0 Å². The second-order valence-electron chi connectivity index (χ2n) is 5.87. The van der Waals surface area contributed by atoms with Crippen LogP contribution in [-0.2, 0) is 9.53 Å². The van der Waals surface area contributed by atoms with Crippen LogP contribution in [-0.4, -0.2) is 74.6 Å². The highest BCUT2D eigenvalue weighted by Gasteiger charge is 2.24.